The summed E-state index contributed by atoms with van der Waals surface area (Å²) < 4.78 is 32.8. The van der Waals surface area contributed by atoms with Gasteiger partial charge in [0.25, 0.3) is 0 Å². The summed E-state index contributed by atoms with van der Waals surface area (Å²) in [6.07, 6.45) is 1.27. The fourth-order valence-electron chi connectivity index (χ4n) is 1.78. The highest BCUT2D eigenvalue weighted by atomic mass is 32.1. The number of rotatable bonds is 6. The lowest BCUT2D eigenvalue weighted by atomic mass is 10.1. The Bertz CT molecular complexity index is 563. The van der Waals surface area contributed by atoms with E-state index in [0.29, 0.717) is 24.2 Å². The van der Waals surface area contributed by atoms with Gasteiger partial charge in [-0.1, -0.05) is 6.92 Å². The van der Waals surface area contributed by atoms with Crippen LogP contribution in [0.1, 0.15) is 23.2 Å². The van der Waals surface area contributed by atoms with Crippen molar-refractivity contribution in [1.82, 2.24) is 4.98 Å². The van der Waals surface area contributed by atoms with Crippen LogP contribution in [0, 0.1) is 11.6 Å². The van der Waals surface area contributed by atoms with Crippen molar-refractivity contribution in [2.45, 2.75) is 26.4 Å². The minimum atomic E-state index is -0.709. The molecule has 108 valence electrons. The van der Waals surface area contributed by atoms with E-state index in [-0.39, 0.29) is 12.4 Å². The van der Waals surface area contributed by atoms with Crippen LogP contribution in [0.15, 0.2) is 17.5 Å². The molecule has 20 heavy (non-hydrogen) atoms. The SMILES string of the molecule is CCc1nc(COc2c(F)cc(CCN)cc2F)cs1. The number of aromatic nitrogens is 1. The topological polar surface area (TPSA) is 48.1 Å². The summed E-state index contributed by atoms with van der Waals surface area (Å²) in [6, 6.07) is 2.51. The standard InChI is InChI=1S/C14H16F2N2OS/c1-2-13-18-10(8-20-13)7-19-14-11(15)5-9(3-4-17)6-12(14)16/h5-6,8H,2-4,7,17H2,1H3. The average molecular weight is 298 g/mol. The molecule has 1 heterocycles. The third-order valence-corrected chi connectivity index (χ3v) is 3.80. The molecule has 0 radical (unpaired) electrons. The van der Waals surface area contributed by atoms with E-state index in [1.165, 1.54) is 23.5 Å². The van der Waals surface area contributed by atoms with Gasteiger partial charge in [-0.25, -0.2) is 13.8 Å². The van der Waals surface area contributed by atoms with Crippen LogP contribution in [-0.2, 0) is 19.4 Å². The van der Waals surface area contributed by atoms with Gasteiger partial charge in [-0.15, -0.1) is 11.3 Å². The largest absolute Gasteiger partial charge is 0.481 e. The third-order valence-electron chi connectivity index (χ3n) is 2.76. The number of ether oxygens (including phenoxy) is 1. The first-order chi connectivity index (χ1) is 9.63. The molecule has 0 saturated carbocycles. The van der Waals surface area contributed by atoms with E-state index in [0.717, 1.165) is 11.4 Å². The summed E-state index contributed by atoms with van der Waals surface area (Å²) in [5.41, 5.74) is 6.57. The van der Waals surface area contributed by atoms with E-state index in [1.54, 1.807) is 0 Å². The Morgan fingerprint density at radius 2 is 2.00 bits per heavy atom. The molecule has 2 N–H and O–H groups in total. The molecule has 6 heteroatoms. The van der Waals surface area contributed by atoms with E-state index < -0.39 is 11.6 Å². The molecular formula is C14H16F2N2OS. The summed E-state index contributed by atoms with van der Waals surface area (Å²) in [5, 5.41) is 2.81. The first-order valence-corrected chi connectivity index (χ1v) is 7.26. The quantitative estimate of drug-likeness (QED) is 0.891. The predicted molar refractivity (Wildman–Crippen MR) is 74.9 cm³/mol. The van der Waals surface area contributed by atoms with Crippen LogP contribution in [-0.4, -0.2) is 11.5 Å². The molecule has 0 atom stereocenters. The monoisotopic (exact) mass is 298 g/mol. The van der Waals surface area contributed by atoms with Gasteiger partial charge in [0.05, 0.1) is 10.7 Å². The highest BCUT2D eigenvalue weighted by Crippen LogP contribution is 2.24. The van der Waals surface area contributed by atoms with Crippen molar-refractivity contribution in [2.75, 3.05) is 6.54 Å². The highest BCUT2D eigenvalue weighted by Gasteiger charge is 2.13. The van der Waals surface area contributed by atoms with Gasteiger partial charge < -0.3 is 10.5 Å². The molecule has 2 aromatic rings. The third kappa shape index (κ3) is 3.52. The maximum atomic E-state index is 13.8. The van der Waals surface area contributed by atoms with Crippen molar-refractivity contribution in [3.63, 3.8) is 0 Å². The van der Waals surface area contributed by atoms with Crippen LogP contribution in [0.3, 0.4) is 0 Å². The number of nitrogens with zero attached hydrogens (tertiary/aromatic N) is 1. The highest BCUT2D eigenvalue weighted by molar-refractivity contribution is 7.09. The zero-order chi connectivity index (χ0) is 14.5. The molecule has 0 amide bonds. The Kier molecular flexibility index (Phi) is 5.03. The minimum absolute atomic E-state index is 0.0561. The summed E-state index contributed by atoms with van der Waals surface area (Å²) in [7, 11) is 0. The molecule has 3 nitrogen and oxygen atoms in total. The van der Waals surface area contributed by atoms with E-state index in [1.807, 2.05) is 12.3 Å². The molecule has 0 aliphatic rings. The van der Waals surface area contributed by atoms with Gasteiger partial charge >= 0.3 is 0 Å². The molecule has 0 unspecified atom stereocenters. The Morgan fingerprint density at radius 3 is 2.55 bits per heavy atom. The summed E-state index contributed by atoms with van der Waals surface area (Å²) in [6.45, 7) is 2.40. The van der Waals surface area contributed by atoms with Crippen molar-refractivity contribution in [3.05, 3.63) is 45.4 Å². The maximum Gasteiger partial charge on any atom is 0.191 e. The lowest BCUT2D eigenvalue weighted by molar-refractivity contribution is 0.270. The second-order valence-corrected chi connectivity index (χ2v) is 5.24. The Balaban J connectivity index is 2.09. The first kappa shape index (κ1) is 14.9. The summed E-state index contributed by atoms with van der Waals surface area (Å²) in [4.78, 5) is 4.28. The molecule has 0 fully saturated rings. The predicted octanol–water partition coefficient (Wildman–Crippen LogP) is 3.06. The van der Waals surface area contributed by atoms with Crippen molar-refractivity contribution < 1.29 is 13.5 Å². The molecule has 0 spiro atoms. The molecule has 1 aromatic heterocycles. The lowest BCUT2D eigenvalue weighted by Gasteiger charge is -2.09. The van der Waals surface area contributed by atoms with Crippen LogP contribution < -0.4 is 10.5 Å². The van der Waals surface area contributed by atoms with E-state index in [9.17, 15) is 8.78 Å². The van der Waals surface area contributed by atoms with Gasteiger partial charge in [0.1, 0.15) is 6.61 Å². The summed E-state index contributed by atoms with van der Waals surface area (Å²) in [5.74, 6) is -1.78. The average Bonchev–Trinajstić information content (AvgIpc) is 2.86. The number of hydrogen-bond donors (Lipinski definition) is 1. The lowest BCUT2D eigenvalue weighted by Crippen LogP contribution is -2.05. The molecule has 0 aliphatic heterocycles. The van der Waals surface area contributed by atoms with E-state index in [2.05, 4.69) is 4.98 Å². The molecule has 2 rings (SSSR count). The van der Waals surface area contributed by atoms with Crippen LogP contribution in [0.25, 0.3) is 0 Å². The van der Waals surface area contributed by atoms with Gasteiger partial charge in [-0.3, -0.25) is 0 Å². The Labute approximate surface area is 120 Å². The molecule has 0 saturated heterocycles. The number of hydrogen-bond acceptors (Lipinski definition) is 4. The fourth-order valence-corrected chi connectivity index (χ4v) is 2.51. The molecule has 0 aliphatic carbocycles. The first-order valence-electron chi connectivity index (χ1n) is 6.38. The van der Waals surface area contributed by atoms with Gasteiger partial charge in [0.15, 0.2) is 17.4 Å². The molecule has 1 aromatic carbocycles. The Hall–Kier alpha value is -1.53. The van der Waals surface area contributed by atoms with E-state index in [4.69, 9.17) is 10.5 Å². The van der Waals surface area contributed by atoms with Crippen LogP contribution >= 0.6 is 11.3 Å². The Morgan fingerprint density at radius 1 is 1.30 bits per heavy atom. The van der Waals surface area contributed by atoms with Crippen molar-refractivity contribution in [1.29, 1.82) is 0 Å². The second kappa shape index (κ2) is 6.76. The maximum absolute atomic E-state index is 13.8. The fraction of sp³-hybridized carbons (Fsp3) is 0.357. The zero-order valence-electron chi connectivity index (χ0n) is 11.2. The van der Waals surface area contributed by atoms with Gasteiger partial charge in [0, 0.05) is 5.38 Å². The van der Waals surface area contributed by atoms with Crippen molar-refractivity contribution >= 4 is 11.3 Å². The number of thiazole rings is 1. The van der Waals surface area contributed by atoms with Crippen molar-refractivity contribution in [2.24, 2.45) is 5.73 Å². The molecular weight excluding hydrogens is 282 g/mol. The summed E-state index contributed by atoms with van der Waals surface area (Å²) >= 11 is 1.51. The smallest absolute Gasteiger partial charge is 0.191 e. The van der Waals surface area contributed by atoms with Gasteiger partial charge in [0.2, 0.25) is 0 Å². The normalized spacial score (nSPS) is 10.8. The van der Waals surface area contributed by atoms with Crippen LogP contribution in [0.2, 0.25) is 0 Å². The molecule has 0 bridgehead atoms. The van der Waals surface area contributed by atoms with Crippen LogP contribution in [0.5, 0.6) is 5.75 Å². The number of nitrogens with two attached hydrogens (primary N) is 1. The van der Waals surface area contributed by atoms with E-state index >= 15 is 0 Å². The minimum Gasteiger partial charge on any atom is -0.481 e. The van der Waals surface area contributed by atoms with Gasteiger partial charge in [-0.2, -0.15) is 0 Å². The number of aryl methyl sites for hydroxylation is 1. The second-order valence-electron chi connectivity index (χ2n) is 4.30. The van der Waals surface area contributed by atoms with Crippen molar-refractivity contribution in [3.8, 4) is 5.75 Å². The zero-order valence-corrected chi connectivity index (χ0v) is 12.0. The van der Waals surface area contributed by atoms with Gasteiger partial charge in [-0.05, 0) is 37.1 Å². The number of halogens is 2. The van der Waals surface area contributed by atoms with Crippen LogP contribution in [0.4, 0.5) is 8.78 Å². The number of benzene rings is 1.